The second-order valence-corrected chi connectivity index (χ2v) is 8.47. The summed E-state index contributed by atoms with van der Waals surface area (Å²) < 4.78 is 5.35. The quantitative estimate of drug-likeness (QED) is 0.124. The standard InChI is InChI=1S/C23H36ClN3O8.C2H6/c1-13-19(22(33)25-8-16(30)10-28)14(2)21(27-18(32)12-35-7-5-4-6-24)15(3)20(13)23(34)26-9-17(31)11-29;1-2/h16-17,28-31H,4-12H2,1-3H3,(H,25,33)(H,26,34)(H,27,32);1-2H3. The average Bonchev–Trinajstić information content (AvgIpc) is 2.89. The van der Waals surface area contributed by atoms with E-state index in [1.54, 1.807) is 20.8 Å². The number of halogens is 1. The van der Waals surface area contributed by atoms with Crippen LogP contribution in [0.3, 0.4) is 0 Å². The van der Waals surface area contributed by atoms with Crippen LogP contribution in [0.1, 0.15) is 64.1 Å². The zero-order valence-electron chi connectivity index (χ0n) is 22.3. The van der Waals surface area contributed by atoms with E-state index < -0.39 is 43.1 Å². The molecule has 212 valence electrons. The van der Waals surface area contributed by atoms with Gasteiger partial charge in [0.2, 0.25) is 5.91 Å². The van der Waals surface area contributed by atoms with Gasteiger partial charge in [0.05, 0.1) is 25.4 Å². The van der Waals surface area contributed by atoms with Gasteiger partial charge in [-0.2, -0.15) is 0 Å². The number of anilines is 1. The first-order valence-electron chi connectivity index (χ1n) is 12.3. The minimum atomic E-state index is -1.16. The third-order valence-electron chi connectivity index (χ3n) is 5.29. The van der Waals surface area contributed by atoms with Crippen molar-refractivity contribution in [2.45, 2.75) is 59.7 Å². The van der Waals surface area contributed by atoms with E-state index in [9.17, 15) is 24.6 Å². The first-order chi connectivity index (χ1) is 17.6. The third kappa shape index (κ3) is 11.3. The second-order valence-electron chi connectivity index (χ2n) is 8.09. The predicted octanol–water partition coefficient (Wildman–Crippen LogP) is 0.778. The Kier molecular flexibility index (Phi) is 17.7. The largest absolute Gasteiger partial charge is 0.394 e. The van der Waals surface area contributed by atoms with Crippen molar-refractivity contribution in [1.29, 1.82) is 0 Å². The molecule has 0 aliphatic heterocycles. The number of hydrogen-bond acceptors (Lipinski definition) is 8. The Bertz CT molecular complexity index is 829. The zero-order valence-corrected chi connectivity index (χ0v) is 23.1. The summed E-state index contributed by atoms with van der Waals surface area (Å²) in [6.07, 6.45) is -0.870. The summed E-state index contributed by atoms with van der Waals surface area (Å²) >= 11 is 5.62. The van der Waals surface area contributed by atoms with Gasteiger partial charge in [-0.05, 0) is 50.3 Å². The van der Waals surface area contributed by atoms with Crippen LogP contribution in [-0.4, -0.2) is 95.8 Å². The Labute approximate surface area is 223 Å². The van der Waals surface area contributed by atoms with Gasteiger partial charge in [-0.3, -0.25) is 14.4 Å². The molecule has 37 heavy (non-hydrogen) atoms. The van der Waals surface area contributed by atoms with Crippen LogP contribution in [0.15, 0.2) is 0 Å². The Morgan fingerprint density at radius 3 is 1.70 bits per heavy atom. The van der Waals surface area contributed by atoms with Gasteiger partial charge in [-0.25, -0.2) is 0 Å². The van der Waals surface area contributed by atoms with E-state index in [-0.39, 0.29) is 36.5 Å². The number of carbonyl (C=O) groups is 3. The maximum atomic E-state index is 13.0. The maximum absolute atomic E-state index is 13.0. The molecule has 0 aromatic heterocycles. The topological polar surface area (TPSA) is 177 Å². The summed E-state index contributed by atoms with van der Waals surface area (Å²) in [6.45, 7) is 7.40. The molecule has 0 aliphatic rings. The van der Waals surface area contributed by atoms with E-state index in [0.717, 1.165) is 6.42 Å². The molecule has 0 heterocycles. The van der Waals surface area contributed by atoms with Crippen molar-refractivity contribution in [3.8, 4) is 0 Å². The van der Waals surface area contributed by atoms with Crippen molar-refractivity contribution in [3.63, 3.8) is 0 Å². The molecule has 1 rings (SSSR count). The van der Waals surface area contributed by atoms with Crippen molar-refractivity contribution in [3.05, 3.63) is 27.8 Å². The first kappa shape index (κ1) is 34.7. The smallest absolute Gasteiger partial charge is 0.252 e. The number of alkyl halides is 1. The number of aliphatic hydroxyl groups is 4. The van der Waals surface area contributed by atoms with Gasteiger partial charge in [-0.15, -0.1) is 11.6 Å². The highest BCUT2D eigenvalue weighted by Gasteiger charge is 2.26. The molecule has 7 N–H and O–H groups in total. The number of aliphatic hydroxyl groups excluding tert-OH is 4. The molecule has 2 unspecified atom stereocenters. The van der Waals surface area contributed by atoms with Crippen LogP contribution in [0.4, 0.5) is 5.69 Å². The maximum Gasteiger partial charge on any atom is 0.252 e. The zero-order chi connectivity index (χ0) is 28.5. The van der Waals surface area contributed by atoms with Gasteiger partial charge < -0.3 is 41.1 Å². The molecule has 0 radical (unpaired) electrons. The normalized spacial score (nSPS) is 12.2. The Balaban J connectivity index is 0.00000631. The summed E-state index contributed by atoms with van der Waals surface area (Å²) in [5.41, 5.74) is 1.61. The number of benzene rings is 1. The van der Waals surface area contributed by atoms with Crippen LogP contribution < -0.4 is 16.0 Å². The Morgan fingerprint density at radius 2 is 1.30 bits per heavy atom. The molecule has 0 saturated heterocycles. The number of rotatable bonds is 15. The molecule has 1 aromatic rings. The number of hydrogen-bond donors (Lipinski definition) is 7. The highest BCUT2D eigenvalue weighted by molar-refractivity contribution is 6.17. The molecular weight excluding hydrogens is 506 g/mol. The van der Waals surface area contributed by atoms with E-state index >= 15 is 0 Å². The van der Waals surface area contributed by atoms with Crippen molar-refractivity contribution >= 4 is 35.0 Å². The molecule has 1 aromatic carbocycles. The predicted molar refractivity (Wildman–Crippen MR) is 142 cm³/mol. The van der Waals surface area contributed by atoms with E-state index in [1.807, 2.05) is 13.8 Å². The van der Waals surface area contributed by atoms with E-state index in [4.69, 9.17) is 26.6 Å². The van der Waals surface area contributed by atoms with E-state index in [0.29, 0.717) is 35.6 Å². The van der Waals surface area contributed by atoms with Crippen LogP contribution in [0, 0.1) is 20.8 Å². The summed E-state index contributed by atoms with van der Waals surface area (Å²) in [5, 5.41) is 44.9. The Morgan fingerprint density at radius 1 is 0.838 bits per heavy atom. The van der Waals surface area contributed by atoms with Gasteiger partial charge in [0.25, 0.3) is 11.8 Å². The molecule has 12 heteroatoms. The molecule has 0 aliphatic carbocycles. The average molecular weight is 548 g/mol. The van der Waals surface area contributed by atoms with Crippen molar-refractivity contribution < 1.29 is 39.5 Å². The van der Waals surface area contributed by atoms with Crippen LogP contribution in [0.2, 0.25) is 0 Å². The minimum Gasteiger partial charge on any atom is -0.394 e. The third-order valence-corrected chi connectivity index (χ3v) is 5.56. The van der Waals surface area contributed by atoms with Crippen molar-refractivity contribution in [1.82, 2.24) is 10.6 Å². The van der Waals surface area contributed by atoms with Gasteiger partial charge in [0.15, 0.2) is 0 Å². The second kappa shape index (κ2) is 18.9. The van der Waals surface area contributed by atoms with Crippen LogP contribution >= 0.6 is 11.6 Å². The molecular formula is C25H42ClN3O8. The van der Waals surface area contributed by atoms with Gasteiger partial charge in [0.1, 0.15) is 6.61 Å². The lowest BCUT2D eigenvalue weighted by atomic mass is 9.90. The molecule has 0 saturated carbocycles. The highest BCUT2D eigenvalue weighted by atomic mass is 35.5. The van der Waals surface area contributed by atoms with Crippen LogP contribution in [0.5, 0.6) is 0 Å². The van der Waals surface area contributed by atoms with Crippen LogP contribution in [0.25, 0.3) is 0 Å². The van der Waals surface area contributed by atoms with Crippen molar-refractivity contribution in [2.75, 3.05) is 50.7 Å². The lowest BCUT2D eigenvalue weighted by Gasteiger charge is -2.22. The summed E-state index contributed by atoms with van der Waals surface area (Å²) in [4.78, 5) is 38.4. The fourth-order valence-electron chi connectivity index (χ4n) is 3.45. The van der Waals surface area contributed by atoms with Crippen molar-refractivity contribution in [2.24, 2.45) is 0 Å². The van der Waals surface area contributed by atoms with Gasteiger partial charge in [-0.1, -0.05) is 13.8 Å². The fourth-order valence-corrected chi connectivity index (χ4v) is 3.64. The number of ether oxygens (including phenoxy) is 1. The summed E-state index contributed by atoms with van der Waals surface area (Å²) in [7, 11) is 0. The van der Waals surface area contributed by atoms with Crippen LogP contribution in [-0.2, 0) is 9.53 Å². The number of nitrogens with one attached hydrogen (secondary N) is 3. The lowest BCUT2D eigenvalue weighted by Crippen LogP contribution is -2.37. The highest BCUT2D eigenvalue weighted by Crippen LogP contribution is 2.31. The molecule has 11 nitrogen and oxygen atoms in total. The molecule has 3 amide bonds. The number of carbonyl (C=O) groups excluding carboxylic acids is 3. The number of amides is 3. The SMILES string of the molecule is CC.Cc1c(NC(=O)COCCCCCl)c(C)c(C(=O)NCC(O)CO)c(C)c1C(=O)NCC(O)CO. The monoisotopic (exact) mass is 547 g/mol. The molecule has 0 fully saturated rings. The van der Waals surface area contributed by atoms with E-state index in [2.05, 4.69) is 16.0 Å². The minimum absolute atomic E-state index is 0.118. The Hall–Kier alpha value is -2.28. The molecule has 0 spiro atoms. The summed E-state index contributed by atoms with van der Waals surface area (Å²) in [5.74, 6) is -1.19. The van der Waals surface area contributed by atoms with Gasteiger partial charge in [0, 0.05) is 42.4 Å². The molecule has 0 bridgehead atoms. The lowest BCUT2D eigenvalue weighted by molar-refractivity contribution is -0.120. The first-order valence-corrected chi connectivity index (χ1v) is 12.8. The summed E-state index contributed by atoms with van der Waals surface area (Å²) in [6, 6.07) is 0. The fraction of sp³-hybridized carbons (Fsp3) is 0.640. The number of unbranched alkanes of at least 4 members (excludes halogenated alkanes) is 1. The van der Waals surface area contributed by atoms with E-state index in [1.165, 1.54) is 0 Å². The molecule has 2 atom stereocenters. The van der Waals surface area contributed by atoms with Gasteiger partial charge >= 0.3 is 0 Å².